The number of carbonyl (C=O) groups excluding carboxylic acids is 1. The van der Waals surface area contributed by atoms with Crippen LogP contribution in [-0.4, -0.2) is 6.03 Å². The Balaban J connectivity index is 2.12. The molecule has 0 spiro atoms. The van der Waals surface area contributed by atoms with E-state index in [0.717, 1.165) is 0 Å². The van der Waals surface area contributed by atoms with Crippen LogP contribution in [0.5, 0.6) is 0 Å². The van der Waals surface area contributed by atoms with Gasteiger partial charge in [0.05, 0.1) is 21.3 Å². The molecule has 7 heteroatoms. The van der Waals surface area contributed by atoms with Crippen molar-refractivity contribution in [2.75, 3.05) is 16.4 Å². The predicted octanol–water partition coefficient (Wildman–Crippen LogP) is 4.09. The van der Waals surface area contributed by atoms with Gasteiger partial charge < -0.3 is 16.4 Å². The van der Waals surface area contributed by atoms with Crippen LogP contribution >= 0.6 is 23.2 Å². The van der Waals surface area contributed by atoms with Gasteiger partial charge in [-0.25, -0.2) is 4.79 Å². The number of amides is 2. The number of urea groups is 1. The molecule has 2 aromatic rings. The van der Waals surface area contributed by atoms with Crippen LogP contribution in [0.3, 0.4) is 0 Å². The van der Waals surface area contributed by atoms with Crippen molar-refractivity contribution < 1.29 is 4.79 Å². The topological polar surface area (TPSA) is 90.9 Å². The van der Waals surface area contributed by atoms with E-state index in [0.29, 0.717) is 27.1 Å². The fourth-order valence-corrected chi connectivity index (χ4v) is 1.92. The molecular weight excluding hydrogens is 311 g/mol. The Labute approximate surface area is 131 Å². The molecule has 2 aromatic carbocycles. The minimum atomic E-state index is -0.505. The molecule has 21 heavy (non-hydrogen) atoms. The molecule has 0 bridgehead atoms. The quantitative estimate of drug-likeness (QED) is 0.728. The maximum absolute atomic E-state index is 11.9. The van der Waals surface area contributed by atoms with Crippen LogP contribution in [0.2, 0.25) is 10.0 Å². The number of nitrogens with zero attached hydrogens (tertiary/aromatic N) is 1. The zero-order valence-electron chi connectivity index (χ0n) is 10.7. The summed E-state index contributed by atoms with van der Waals surface area (Å²) >= 11 is 11.7. The Hall–Kier alpha value is -2.42. The van der Waals surface area contributed by atoms with E-state index in [4.69, 9.17) is 34.2 Å². The first-order chi connectivity index (χ1) is 9.99. The smallest absolute Gasteiger partial charge is 0.323 e. The lowest BCUT2D eigenvalue weighted by Crippen LogP contribution is -2.20. The highest BCUT2D eigenvalue weighted by molar-refractivity contribution is 6.42. The summed E-state index contributed by atoms with van der Waals surface area (Å²) in [5.74, 6) is 0. The summed E-state index contributed by atoms with van der Waals surface area (Å²) in [6, 6.07) is 10.8. The summed E-state index contributed by atoms with van der Waals surface area (Å²) < 4.78 is 0. The average Bonchev–Trinajstić information content (AvgIpc) is 2.44. The van der Waals surface area contributed by atoms with Gasteiger partial charge in [-0.3, -0.25) is 0 Å². The Morgan fingerprint density at radius 2 is 1.86 bits per heavy atom. The summed E-state index contributed by atoms with van der Waals surface area (Å²) in [5.41, 5.74) is 7.15. The molecule has 2 amide bonds. The van der Waals surface area contributed by atoms with Crippen molar-refractivity contribution in [3.05, 3.63) is 52.0 Å². The highest BCUT2D eigenvalue weighted by Crippen LogP contribution is 2.25. The zero-order valence-corrected chi connectivity index (χ0v) is 12.2. The minimum Gasteiger partial charge on any atom is -0.399 e. The predicted molar refractivity (Wildman–Crippen MR) is 84.7 cm³/mol. The number of rotatable bonds is 2. The number of carbonyl (C=O) groups is 1. The van der Waals surface area contributed by atoms with E-state index >= 15 is 0 Å². The maximum atomic E-state index is 11.9. The third-order valence-electron chi connectivity index (χ3n) is 2.59. The summed E-state index contributed by atoms with van der Waals surface area (Å²) in [5, 5.41) is 14.9. The summed E-state index contributed by atoms with van der Waals surface area (Å²) in [6.07, 6.45) is 0. The Kier molecular flexibility index (Phi) is 4.53. The van der Waals surface area contributed by atoms with Gasteiger partial charge in [-0.15, -0.1) is 0 Å². The van der Waals surface area contributed by atoms with E-state index < -0.39 is 6.03 Å². The highest BCUT2D eigenvalue weighted by Gasteiger charge is 2.08. The number of nitriles is 1. The number of halogens is 2. The number of hydrogen-bond acceptors (Lipinski definition) is 3. The van der Waals surface area contributed by atoms with Gasteiger partial charge in [-0.2, -0.15) is 5.26 Å². The molecule has 5 nitrogen and oxygen atoms in total. The van der Waals surface area contributed by atoms with Crippen LogP contribution in [0.4, 0.5) is 21.9 Å². The molecule has 106 valence electrons. The van der Waals surface area contributed by atoms with Gasteiger partial charge in [-0.1, -0.05) is 23.2 Å². The molecule has 0 aliphatic heterocycles. The lowest BCUT2D eigenvalue weighted by Gasteiger charge is -2.10. The summed E-state index contributed by atoms with van der Waals surface area (Å²) in [4.78, 5) is 11.9. The van der Waals surface area contributed by atoms with Crippen molar-refractivity contribution in [2.24, 2.45) is 0 Å². The molecule has 0 radical (unpaired) electrons. The van der Waals surface area contributed by atoms with Gasteiger partial charge in [0.25, 0.3) is 0 Å². The number of anilines is 3. The first-order valence-electron chi connectivity index (χ1n) is 5.82. The van der Waals surface area contributed by atoms with Crippen LogP contribution in [0.1, 0.15) is 5.56 Å². The molecule has 4 N–H and O–H groups in total. The molecule has 0 saturated carbocycles. The lowest BCUT2D eigenvalue weighted by atomic mass is 10.2. The van der Waals surface area contributed by atoms with Crippen LogP contribution < -0.4 is 16.4 Å². The number of nitrogen functional groups attached to an aromatic ring is 1. The van der Waals surface area contributed by atoms with Crippen molar-refractivity contribution >= 4 is 46.3 Å². The van der Waals surface area contributed by atoms with E-state index in [1.807, 2.05) is 6.07 Å². The van der Waals surface area contributed by atoms with Crippen molar-refractivity contribution in [3.63, 3.8) is 0 Å². The summed E-state index contributed by atoms with van der Waals surface area (Å²) in [7, 11) is 0. The molecule has 0 aliphatic carbocycles. The monoisotopic (exact) mass is 320 g/mol. The van der Waals surface area contributed by atoms with Crippen molar-refractivity contribution in [1.82, 2.24) is 0 Å². The second-order valence-corrected chi connectivity index (χ2v) is 4.94. The molecule has 2 rings (SSSR count). The van der Waals surface area contributed by atoms with Crippen LogP contribution in [-0.2, 0) is 0 Å². The number of nitrogens with two attached hydrogens (primary N) is 1. The Morgan fingerprint density at radius 3 is 2.52 bits per heavy atom. The van der Waals surface area contributed by atoms with E-state index in [2.05, 4.69) is 10.6 Å². The first kappa shape index (κ1) is 15.0. The normalized spacial score (nSPS) is 9.76. The largest absolute Gasteiger partial charge is 0.399 e. The molecular formula is C14H10Cl2N4O. The first-order valence-corrected chi connectivity index (χ1v) is 6.58. The van der Waals surface area contributed by atoms with E-state index in [9.17, 15) is 4.79 Å². The summed E-state index contributed by atoms with van der Waals surface area (Å²) in [6.45, 7) is 0. The van der Waals surface area contributed by atoms with Gasteiger partial charge in [-0.05, 0) is 36.4 Å². The maximum Gasteiger partial charge on any atom is 0.323 e. The van der Waals surface area contributed by atoms with E-state index in [1.54, 1.807) is 24.3 Å². The SMILES string of the molecule is N#Cc1cc(N)ccc1NC(=O)Nc1ccc(Cl)c(Cl)c1. The van der Waals surface area contributed by atoms with Gasteiger partial charge in [0.2, 0.25) is 0 Å². The lowest BCUT2D eigenvalue weighted by molar-refractivity contribution is 0.262. The van der Waals surface area contributed by atoms with Gasteiger partial charge in [0.1, 0.15) is 6.07 Å². The zero-order chi connectivity index (χ0) is 15.4. The number of benzene rings is 2. The number of nitrogens with one attached hydrogen (secondary N) is 2. The van der Waals surface area contributed by atoms with Gasteiger partial charge >= 0.3 is 6.03 Å². The van der Waals surface area contributed by atoms with Gasteiger partial charge in [0, 0.05) is 11.4 Å². The molecule has 0 fully saturated rings. The Morgan fingerprint density at radius 1 is 1.10 bits per heavy atom. The van der Waals surface area contributed by atoms with E-state index in [-0.39, 0.29) is 5.56 Å². The van der Waals surface area contributed by atoms with Crippen LogP contribution in [0, 0.1) is 11.3 Å². The average molecular weight is 321 g/mol. The fraction of sp³-hybridized carbons (Fsp3) is 0. The van der Waals surface area contributed by atoms with Crippen molar-refractivity contribution in [2.45, 2.75) is 0 Å². The minimum absolute atomic E-state index is 0.277. The highest BCUT2D eigenvalue weighted by atomic mass is 35.5. The second kappa shape index (κ2) is 6.35. The fourth-order valence-electron chi connectivity index (χ4n) is 1.62. The van der Waals surface area contributed by atoms with Crippen molar-refractivity contribution in [1.29, 1.82) is 5.26 Å². The molecule has 0 heterocycles. The van der Waals surface area contributed by atoms with Gasteiger partial charge in [0.15, 0.2) is 0 Å². The third-order valence-corrected chi connectivity index (χ3v) is 3.33. The molecule has 0 unspecified atom stereocenters. The third kappa shape index (κ3) is 3.78. The van der Waals surface area contributed by atoms with Crippen LogP contribution in [0.15, 0.2) is 36.4 Å². The molecule has 0 aromatic heterocycles. The van der Waals surface area contributed by atoms with Crippen LogP contribution in [0.25, 0.3) is 0 Å². The van der Waals surface area contributed by atoms with Crippen molar-refractivity contribution in [3.8, 4) is 6.07 Å². The standard InChI is InChI=1S/C14H10Cl2N4O/c15-11-3-2-10(6-12(11)16)19-14(21)20-13-4-1-9(18)5-8(13)7-17/h1-6H,18H2,(H2,19,20,21). The van der Waals surface area contributed by atoms with E-state index in [1.165, 1.54) is 12.1 Å². The molecule has 0 saturated heterocycles. The second-order valence-electron chi connectivity index (χ2n) is 4.12. The molecule has 0 atom stereocenters. The molecule has 0 aliphatic rings. The number of hydrogen-bond donors (Lipinski definition) is 3. The Bertz CT molecular complexity index is 740.